The minimum absolute atomic E-state index is 0.0320. The van der Waals surface area contributed by atoms with Crippen molar-refractivity contribution in [3.8, 4) is 5.75 Å². The number of rotatable bonds is 8. The Morgan fingerprint density at radius 1 is 1.00 bits per heavy atom. The maximum absolute atomic E-state index is 13.2. The lowest BCUT2D eigenvalue weighted by molar-refractivity contribution is -0.175. The van der Waals surface area contributed by atoms with Crippen LogP contribution in [-0.2, 0) is 39.9 Å². The summed E-state index contributed by atoms with van der Waals surface area (Å²) in [4.78, 5) is 65.4. The maximum Gasteiger partial charge on any atom is 0.348 e. The van der Waals surface area contributed by atoms with Gasteiger partial charge in [0.2, 0.25) is 11.8 Å². The number of carbonyl (C=O) groups is 5. The highest BCUT2D eigenvalue weighted by molar-refractivity contribution is 5.99. The van der Waals surface area contributed by atoms with Gasteiger partial charge in [-0.3, -0.25) is 19.2 Å². The summed E-state index contributed by atoms with van der Waals surface area (Å²) >= 11 is 0. The SMILES string of the molecule is COc1ccc(C[C@H]2NC(=O)/C=C/C[C@H](C(=O)/C=C/c3ccccc3)OC(=O)[C@H](CC(C)C)OC(=O)[C@H](C)CNC2=O)cc1. The van der Waals surface area contributed by atoms with Crippen LogP contribution < -0.4 is 15.4 Å². The standard InChI is InChI=1S/C34H40N2O8/c1-22(2)19-30-34(41)43-29(28(37)18-15-24-9-6-5-7-10-24)11-8-12-31(38)36-27(20-25-13-16-26(42-4)17-14-25)32(39)35-21-23(3)33(40)44-30/h5-10,12-18,22-23,27,29-30H,11,19-21H2,1-4H3,(H,35,39)(H,36,38)/b12-8+,18-15+/t23-,27-,29-,30+/m1/s1. The van der Waals surface area contributed by atoms with E-state index < -0.39 is 53.7 Å². The van der Waals surface area contributed by atoms with Crippen LogP contribution in [0.15, 0.2) is 72.8 Å². The van der Waals surface area contributed by atoms with E-state index in [0.717, 1.165) is 11.1 Å². The van der Waals surface area contributed by atoms with Crippen LogP contribution in [0.4, 0.5) is 0 Å². The van der Waals surface area contributed by atoms with E-state index in [0.29, 0.717) is 5.75 Å². The van der Waals surface area contributed by atoms with E-state index in [1.54, 1.807) is 44.4 Å². The second-order valence-electron chi connectivity index (χ2n) is 11.0. The van der Waals surface area contributed by atoms with E-state index in [9.17, 15) is 24.0 Å². The smallest absolute Gasteiger partial charge is 0.348 e. The molecule has 234 valence electrons. The Morgan fingerprint density at radius 2 is 1.70 bits per heavy atom. The molecule has 0 saturated carbocycles. The molecule has 0 fully saturated rings. The third-order valence-electron chi connectivity index (χ3n) is 6.86. The van der Waals surface area contributed by atoms with Crippen LogP contribution in [0.3, 0.4) is 0 Å². The second-order valence-corrected chi connectivity index (χ2v) is 11.0. The fourth-order valence-corrected chi connectivity index (χ4v) is 4.35. The van der Waals surface area contributed by atoms with Gasteiger partial charge in [-0.25, -0.2) is 4.79 Å². The molecule has 0 radical (unpaired) electrons. The van der Waals surface area contributed by atoms with Crippen molar-refractivity contribution in [2.45, 2.75) is 58.3 Å². The largest absolute Gasteiger partial charge is 0.497 e. The lowest BCUT2D eigenvalue weighted by Crippen LogP contribution is -2.49. The molecular weight excluding hydrogens is 564 g/mol. The first-order chi connectivity index (χ1) is 21.0. The molecule has 0 saturated heterocycles. The number of ketones is 1. The zero-order chi connectivity index (χ0) is 32.1. The van der Waals surface area contributed by atoms with Crippen molar-refractivity contribution in [1.29, 1.82) is 0 Å². The van der Waals surface area contributed by atoms with Crippen LogP contribution in [0, 0.1) is 11.8 Å². The fraction of sp³-hybridized carbons (Fsp3) is 0.382. The number of hydrogen-bond acceptors (Lipinski definition) is 8. The molecular formula is C34H40N2O8. The van der Waals surface area contributed by atoms with Crippen LogP contribution in [0.5, 0.6) is 5.75 Å². The highest BCUT2D eigenvalue weighted by atomic mass is 16.6. The van der Waals surface area contributed by atoms with Gasteiger partial charge in [0, 0.05) is 19.4 Å². The Hall–Kier alpha value is -4.73. The van der Waals surface area contributed by atoms with Gasteiger partial charge < -0.3 is 24.8 Å². The molecule has 1 aliphatic heterocycles. The summed E-state index contributed by atoms with van der Waals surface area (Å²) in [5.41, 5.74) is 1.55. The van der Waals surface area contributed by atoms with Gasteiger partial charge in [-0.15, -0.1) is 0 Å². The van der Waals surface area contributed by atoms with Crippen LogP contribution in [-0.4, -0.2) is 61.4 Å². The average molecular weight is 605 g/mol. The summed E-state index contributed by atoms with van der Waals surface area (Å²) in [6, 6.07) is 15.2. The van der Waals surface area contributed by atoms with Crippen LogP contribution in [0.25, 0.3) is 6.08 Å². The van der Waals surface area contributed by atoms with Gasteiger partial charge in [0.25, 0.3) is 0 Å². The summed E-state index contributed by atoms with van der Waals surface area (Å²) in [5.74, 6) is -3.34. The van der Waals surface area contributed by atoms with Gasteiger partial charge in [-0.05, 0) is 47.8 Å². The third-order valence-corrected chi connectivity index (χ3v) is 6.86. The molecule has 44 heavy (non-hydrogen) atoms. The minimum atomic E-state index is -1.27. The number of esters is 2. The Morgan fingerprint density at radius 3 is 2.36 bits per heavy atom. The van der Waals surface area contributed by atoms with E-state index in [4.69, 9.17) is 14.2 Å². The minimum Gasteiger partial charge on any atom is -0.497 e. The molecule has 0 unspecified atom stereocenters. The summed E-state index contributed by atoms with van der Waals surface area (Å²) < 4.78 is 16.3. The summed E-state index contributed by atoms with van der Waals surface area (Å²) in [6.45, 7) is 5.19. The van der Waals surface area contributed by atoms with Gasteiger partial charge >= 0.3 is 11.9 Å². The van der Waals surface area contributed by atoms with Gasteiger partial charge in [0.1, 0.15) is 11.8 Å². The molecule has 0 aliphatic carbocycles. The number of ether oxygens (including phenoxy) is 3. The summed E-state index contributed by atoms with van der Waals surface area (Å²) in [7, 11) is 1.55. The van der Waals surface area contributed by atoms with Crippen molar-refractivity contribution >= 4 is 35.6 Å². The molecule has 2 aromatic rings. The van der Waals surface area contributed by atoms with E-state index in [-0.39, 0.29) is 31.7 Å². The van der Waals surface area contributed by atoms with Gasteiger partial charge in [-0.1, -0.05) is 75.4 Å². The fourth-order valence-electron chi connectivity index (χ4n) is 4.35. The van der Waals surface area contributed by atoms with Crippen LogP contribution in [0.2, 0.25) is 0 Å². The molecule has 4 atom stereocenters. The predicted octanol–water partition coefficient (Wildman–Crippen LogP) is 3.59. The molecule has 0 spiro atoms. The van der Waals surface area contributed by atoms with Crippen molar-refractivity contribution in [2.24, 2.45) is 11.8 Å². The molecule has 0 bridgehead atoms. The van der Waals surface area contributed by atoms with Crippen molar-refractivity contribution in [3.05, 3.63) is 84.0 Å². The number of nitrogens with one attached hydrogen (secondary N) is 2. The molecule has 10 heteroatoms. The quantitative estimate of drug-likeness (QED) is 0.345. The first-order valence-corrected chi connectivity index (χ1v) is 14.6. The van der Waals surface area contributed by atoms with Crippen molar-refractivity contribution < 1.29 is 38.2 Å². The number of amides is 2. The zero-order valence-electron chi connectivity index (χ0n) is 25.5. The third kappa shape index (κ3) is 10.8. The lowest BCUT2D eigenvalue weighted by atomic mass is 10.0. The molecule has 2 amide bonds. The maximum atomic E-state index is 13.2. The molecule has 2 aromatic carbocycles. The number of benzene rings is 2. The normalized spacial score (nSPS) is 22.9. The summed E-state index contributed by atoms with van der Waals surface area (Å²) in [6.07, 6.45) is 3.21. The monoisotopic (exact) mass is 604 g/mol. The first kappa shape index (κ1) is 33.8. The Bertz CT molecular complexity index is 1350. The van der Waals surface area contributed by atoms with Crippen molar-refractivity contribution in [2.75, 3.05) is 13.7 Å². The van der Waals surface area contributed by atoms with E-state index >= 15 is 0 Å². The molecule has 2 N–H and O–H groups in total. The van der Waals surface area contributed by atoms with Crippen LogP contribution in [0.1, 0.15) is 44.7 Å². The molecule has 3 rings (SSSR count). The number of hydrogen-bond donors (Lipinski definition) is 2. The number of cyclic esters (lactones) is 2. The lowest BCUT2D eigenvalue weighted by Gasteiger charge is -2.24. The van der Waals surface area contributed by atoms with Gasteiger partial charge in [-0.2, -0.15) is 0 Å². The second kappa shape index (κ2) is 16.8. The number of methoxy groups -OCH3 is 1. The van der Waals surface area contributed by atoms with E-state index in [2.05, 4.69) is 10.6 Å². The van der Waals surface area contributed by atoms with Crippen molar-refractivity contribution in [3.63, 3.8) is 0 Å². The Kier molecular flexibility index (Phi) is 12.9. The topological polar surface area (TPSA) is 137 Å². The molecule has 0 aromatic heterocycles. The molecule has 1 aliphatic rings. The zero-order valence-corrected chi connectivity index (χ0v) is 25.5. The highest BCUT2D eigenvalue weighted by Crippen LogP contribution is 2.17. The molecule has 10 nitrogen and oxygen atoms in total. The van der Waals surface area contributed by atoms with Gasteiger partial charge in [0.15, 0.2) is 18.0 Å². The van der Waals surface area contributed by atoms with Crippen molar-refractivity contribution in [1.82, 2.24) is 10.6 Å². The average Bonchev–Trinajstić information content (AvgIpc) is 3.01. The predicted molar refractivity (Wildman–Crippen MR) is 164 cm³/mol. The molecule has 1 heterocycles. The van der Waals surface area contributed by atoms with Gasteiger partial charge in [0.05, 0.1) is 13.0 Å². The van der Waals surface area contributed by atoms with E-state index in [1.807, 2.05) is 44.2 Å². The summed E-state index contributed by atoms with van der Waals surface area (Å²) in [5, 5.41) is 5.39. The van der Waals surface area contributed by atoms with E-state index in [1.165, 1.54) is 18.2 Å². The first-order valence-electron chi connectivity index (χ1n) is 14.6. The Labute approximate surface area is 257 Å². The van der Waals surface area contributed by atoms with Crippen LogP contribution >= 0.6 is 0 Å². The highest BCUT2D eigenvalue weighted by Gasteiger charge is 2.32. The Balaban J connectivity index is 1.88. The number of carbonyl (C=O) groups excluding carboxylic acids is 5.